The molecule has 0 aliphatic carbocycles. The Balaban J connectivity index is 1.75. The average molecular weight is 501 g/mol. The lowest BCUT2D eigenvalue weighted by Crippen LogP contribution is -2.39. The van der Waals surface area contributed by atoms with Gasteiger partial charge >= 0.3 is 0 Å². The number of aliphatic hydroxyl groups is 1. The largest absolute Gasteiger partial charge is 0.507 e. The number of carbonyl (C=O) groups is 2. The lowest BCUT2D eigenvalue weighted by Gasteiger charge is -2.29. The van der Waals surface area contributed by atoms with Crippen LogP contribution in [-0.4, -0.2) is 80.2 Å². The minimum atomic E-state index is -0.833. The van der Waals surface area contributed by atoms with E-state index in [2.05, 4.69) is 4.90 Å². The predicted molar refractivity (Wildman–Crippen MR) is 132 cm³/mol. The van der Waals surface area contributed by atoms with Crippen LogP contribution in [0, 0.1) is 0 Å². The minimum Gasteiger partial charge on any atom is -0.507 e. The minimum absolute atomic E-state index is 0.00949. The lowest BCUT2D eigenvalue weighted by atomic mass is 9.94. The summed E-state index contributed by atoms with van der Waals surface area (Å²) in [5, 5.41) is 11.7. The van der Waals surface area contributed by atoms with Crippen molar-refractivity contribution in [2.24, 2.45) is 0 Å². The van der Waals surface area contributed by atoms with Crippen LogP contribution in [0.1, 0.15) is 23.6 Å². The maximum atomic E-state index is 13.3. The zero-order valence-corrected chi connectivity index (χ0v) is 20.6. The molecule has 1 unspecified atom stereocenters. The molecule has 2 heterocycles. The number of Topliss-reactive ketones (excluding diaryl/α,β-unsaturated/α-hetero) is 1. The zero-order chi connectivity index (χ0) is 24.9. The van der Waals surface area contributed by atoms with E-state index in [9.17, 15) is 14.7 Å². The standard InChI is InChI=1S/C26H29ClN2O6/c1-33-19-8-9-21(34-2)20(16-19)23-22(24(30)17-4-6-18(27)7-5-17)25(31)26(32)29(23)11-3-10-28-12-14-35-15-13-28/h4-9,16,23,30H,3,10-15H2,1-2H3/b24-22+. The Kier molecular flexibility index (Phi) is 7.95. The van der Waals surface area contributed by atoms with Crippen LogP contribution in [0.2, 0.25) is 5.02 Å². The van der Waals surface area contributed by atoms with Crippen molar-refractivity contribution in [3.63, 3.8) is 0 Å². The van der Waals surface area contributed by atoms with Crippen LogP contribution < -0.4 is 9.47 Å². The fraction of sp³-hybridized carbons (Fsp3) is 0.385. The highest BCUT2D eigenvalue weighted by Gasteiger charge is 2.47. The molecule has 35 heavy (non-hydrogen) atoms. The summed E-state index contributed by atoms with van der Waals surface area (Å²) < 4.78 is 16.4. The summed E-state index contributed by atoms with van der Waals surface area (Å²) in [6, 6.07) is 10.8. The number of amides is 1. The molecule has 4 rings (SSSR count). The Labute approximate surface area is 209 Å². The van der Waals surface area contributed by atoms with Crippen LogP contribution in [0.25, 0.3) is 5.76 Å². The molecule has 1 atom stereocenters. The number of methoxy groups -OCH3 is 2. The molecule has 2 saturated heterocycles. The third-order valence-electron chi connectivity index (χ3n) is 6.37. The Morgan fingerprint density at radius 2 is 1.77 bits per heavy atom. The van der Waals surface area contributed by atoms with Gasteiger partial charge in [-0.2, -0.15) is 0 Å². The van der Waals surface area contributed by atoms with E-state index < -0.39 is 17.7 Å². The van der Waals surface area contributed by atoms with Crippen molar-refractivity contribution < 1.29 is 28.9 Å². The van der Waals surface area contributed by atoms with Crippen molar-refractivity contribution in [1.82, 2.24) is 9.80 Å². The molecule has 2 aromatic carbocycles. The second-order valence-corrected chi connectivity index (χ2v) is 8.85. The molecule has 2 aliphatic rings. The van der Waals surface area contributed by atoms with Gasteiger partial charge in [0.05, 0.1) is 39.0 Å². The van der Waals surface area contributed by atoms with Crippen LogP contribution in [0.5, 0.6) is 11.5 Å². The Bertz CT molecular complexity index is 1110. The molecule has 0 bridgehead atoms. The molecule has 1 N–H and O–H groups in total. The molecular weight excluding hydrogens is 472 g/mol. The number of aliphatic hydroxyl groups excluding tert-OH is 1. The van der Waals surface area contributed by atoms with Gasteiger partial charge in [-0.3, -0.25) is 14.5 Å². The van der Waals surface area contributed by atoms with Crippen molar-refractivity contribution >= 4 is 29.1 Å². The Hall–Kier alpha value is -3.07. The first-order chi connectivity index (χ1) is 16.9. The fourth-order valence-electron chi connectivity index (χ4n) is 4.54. The molecule has 0 radical (unpaired) electrons. The van der Waals surface area contributed by atoms with Crippen molar-refractivity contribution in [1.29, 1.82) is 0 Å². The number of halogens is 1. The highest BCUT2D eigenvalue weighted by Crippen LogP contribution is 2.44. The summed E-state index contributed by atoms with van der Waals surface area (Å²) in [5.74, 6) is -0.620. The van der Waals surface area contributed by atoms with Crippen LogP contribution in [0.4, 0.5) is 0 Å². The quantitative estimate of drug-likeness (QED) is 0.337. The number of hydrogen-bond acceptors (Lipinski definition) is 7. The number of nitrogens with zero attached hydrogens (tertiary/aromatic N) is 2. The van der Waals surface area contributed by atoms with E-state index in [4.69, 9.17) is 25.8 Å². The van der Waals surface area contributed by atoms with Gasteiger partial charge in [0.2, 0.25) is 0 Å². The van der Waals surface area contributed by atoms with Gasteiger partial charge in [-0.15, -0.1) is 0 Å². The monoisotopic (exact) mass is 500 g/mol. The first-order valence-corrected chi connectivity index (χ1v) is 11.9. The molecule has 0 saturated carbocycles. The summed E-state index contributed by atoms with van der Waals surface area (Å²) >= 11 is 6.00. The van der Waals surface area contributed by atoms with Crippen LogP contribution in [-0.2, 0) is 14.3 Å². The van der Waals surface area contributed by atoms with Crippen molar-refractivity contribution in [2.75, 3.05) is 53.6 Å². The number of benzene rings is 2. The number of likely N-dealkylation sites (tertiary alicyclic amines) is 1. The number of morpholine rings is 1. The number of ether oxygens (including phenoxy) is 3. The summed E-state index contributed by atoms with van der Waals surface area (Å²) in [6.45, 7) is 4.15. The van der Waals surface area contributed by atoms with Crippen LogP contribution in [0.3, 0.4) is 0 Å². The highest BCUT2D eigenvalue weighted by atomic mass is 35.5. The summed E-state index contributed by atoms with van der Waals surface area (Å²) in [7, 11) is 3.06. The first kappa shape index (κ1) is 25.0. The van der Waals surface area contributed by atoms with E-state index in [0.29, 0.717) is 53.8 Å². The highest BCUT2D eigenvalue weighted by molar-refractivity contribution is 6.46. The average Bonchev–Trinajstić information content (AvgIpc) is 3.14. The fourth-order valence-corrected chi connectivity index (χ4v) is 4.67. The maximum absolute atomic E-state index is 13.3. The molecular formula is C26H29ClN2O6. The van der Waals surface area contributed by atoms with E-state index >= 15 is 0 Å². The van der Waals surface area contributed by atoms with Crippen molar-refractivity contribution in [3.05, 3.63) is 64.2 Å². The molecule has 8 nitrogen and oxygen atoms in total. The molecule has 2 aliphatic heterocycles. The SMILES string of the molecule is COc1ccc(OC)c(C2/C(=C(\O)c3ccc(Cl)cc3)C(=O)C(=O)N2CCCN2CCOCC2)c1. The molecule has 0 spiro atoms. The molecule has 9 heteroatoms. The second-order valence-electron chi connectivity index (χ2n) is 8.41. The van der Waals surface area contributed by atoms with Crippen LogP contribution >= 0.6 is 11.6 Å². The van der Waals surface area contributed by atoms with E-state index in [0.717, 1.165) is 19.6 Å². The van der Waals surface area contributed by atoms with Gasteiger partial charge in [-0.25, -0.2) is 0 Å². The van der Waals surface area contributed by atoms with Gasteiger partial charge in [-0.05, 0) is 48.9 Å². The lowest BCUT2D eigenvalue weighted by molar-refractivity contribution is -0.140. The van der Waals surface area contributed by atoms with Gasteiger partial charge < -0.3 is 24.2 Å². The number of rotatable bonds is 8. The number of carbonyl (C=O) groups excluding carboxylic acids is 2. The van der Waals surface area contributed by atoms with Gasteiger partial charge in [-0.1, -0.05) is 11.6 Å². The number of ketones is 1. The Morgan fingerprint density at radius 3 is 2.43 bits per heavy atom. The molecule has 1 amide bonds. The summed E-state index contributed by atoms with van der Waals surface area (Å²) in [5.41, 5.74) is 0.968. The predicted octanol–water partition coefficient (Wildman–Crippen LogP) is 3.50. The smallest absolute Gasteiger partial charge is 0.295 e. The molecule has 186 valence electrons. The summed E-state index contributed by atoms with van der Waals surface area (Å²) in [4.78, 5) is 30.3. The van der Waals surface area contributed by atoms with Gasteiger partial charge in [0.15, 0.2) is 0 Å². The second kappa shape index (κ2) is 11.1. The molecule has 2 aromatic rings. The number of hydrogen-bond donors (Lipinski definition) is 1. The van der Waals surface area contributed by atoms with E-state index in [1.165, 1.54) is 12.0 Å². The Morgan fingerprint density at radius 1 is 1.06 bits per heavy atom. The zero-order valence-electron chi connectivity index (χ0n) is 19.8. The van der Waals surface area contributed by atoms with Crippen molar-refractivity contribution in [2.45, 2.75) is 12.5 Å². The van der Waals surface area contributed by atoms with Crippen molar-refractivity contribution in [3.8, 4) is 11.5 Å². The van der Waals surface area contributed by atoms with Gasteiger partial charge in [0.1, 0.15) is 17.3 Å². The maximum Gasteiger partial charge on any atom is 0.295 e. The van der Waals surface area contributed by atoms with E-state index in [1.54, 1.807) is 49.6 Å². The first-order valence-electron chi connectivity index (χ1n) is 11.5. The van der Waals surface area contributed by atoms with Gasteiger partial charge in [0, 0.05) is 42.3 Å². The normalized spacial score (nSPS) is 20.3. The molecule has 0 aromatic heterocycles. The third-order valence-corrected chi connectivity index (χ3v) is 6.62. The van der Waals surface area contributed by atoms with E-state index in [-0.39, 0.29) is 11.3 Å². The van der Waals surface area contributed by atoms with E-state index in [1.807, 2.05) is 0 Å². The molecule has 2 fully saturated rings. The van der Waals surface area contributed by atoms with Crippen LogP contribution in [0.15, 0.2) is 48.0 Å². The topological polar surface area (TPSA) is 88.5 Å². The van der Waals surface area contributed by atoms with Gasteiger partial charge in [0.25, 0.3) is 11.7 Å². The summed E-state index contributed by atoms with van der Waals surface area (Å²) in [6.07, 6.45) is 0.663. The third kappa shape index (κ3) is 5.29.